The van der Waals surface area contributed by atoms with Gasteiger partial charge in [-0.1, -0.05) is 24.3 Å². The Morgan fingerprint density at radius 1 is 0.958 bits per heavy atom. The highest BCUT2D eigenvalue weighted by molar-refractivity contribution is 6.42. The molecule has 0 unspecified atom stereocenters. The van der Waals surface area contributed by atoms with E-state index in [0.717, 1.165) is 0 Å². The molecule has 0 amide bonds. The van der Waals surface area contributed by atoms with Crippen molar-refractivity contribution in [1.82, 2.24) is 5.43 Å². The molecule has 6 heteroatoms. The minimum Gasteiger partial charge on any atom is -0.508 e. The fourth-order valence-corrected chi connectivity index (χ4v) is 2.70. The molecular formula is C18H14N2O4. The molecule has 6 nitrogen and oxygen atoms in total. The Labute approximate surface area is 137 Å². The van der Waals surface area contributed by atoms with Crippen molar-refractivity contribution in [2.75, 3.05) is 6.54 Å². The zero-order chi connectivity index (χ0) is 17.3. The van der Waals surface area contributed by atoms with Gasteiger partial charge in [-0.15, -0.1) is 0 Å². The molecule has 24 heavy (non-hydrogen) atoms. The van der Waals surface area contributed by atoms with E-state index >= 15 is 0 Å². The predicted molar refractivity (Wildman–Crippen MR) is 86.8 cm³/mol. The largest absolute Gasteiger partial charge is 0.508 e. The summed E-state index contributed by atoms with van der Waals surface area (Å²) in [6, 6.07) is 12.0. The molecule has 2 aromatic carbocycles. The maximum atomic E-state index is 12.7. The van der Waals surface area contributed by atoms with Gasteiger partial charge in [0, 0.05) is 28.8 Å². The Morgan fingerprint density at radius 2 is 1.50 bits per heavy atom. The summed E-state index contributed by atoms with van der Waals surface area (Å²) in [4.78, 5) is 37.9. The first-order valence-electron chi connectivity index (χ1n) is 7.23. The molecule has 0 aromatic heterocycles. The summed E-state index contributed by atoms with van der Waals surface area (Å²) in [7, 11) is 0. The first kappa shape index (κ1) is 15.8. The Hall–Kier alpha value is -3.09. The number of ketones is 3. The van der Waals surface area contributed by atoms with Crippen molar-refractivity contribution in [2.24, 2.45) is 5.84 Å². The zero-order valence-electron chi connectivity index (χ0n) is 12.6. The normalized spacial score (nSPS) is 13.1. The van der Waals surface area contributed by atoms with Crippen LogP contribution < -0.4 is 11.3 Å². The number of aromatic hydroxyl groups is 1. The second-order valence-electron chi connectivity index (χ2n) is 5.31. The first-order valence-corrected chi connectivity index (χ1v) is 7.23. The number of benzene rings is 2. The van der Waals surface area contributed by atoms with Gasteiger partial charge in [-0.3, -0.25) is 25.7 Å². The number of phenols is 1. The average molecular weight is 322 g/mol. The SMILES string of the molecule is NNCC(C(=O)c1ccc(O)cc1)=C1C(=O)c2ccccc2C1=O. The van der Waals surface area contributed by atoms with E-state index < -0.39 is 17.3 Å². The molecule has 1 aliphatic carbocycles. The highest BCUT2D eigenvalue weighted by atomic mass is 16.3. The highest BCUT2D eigenvalue weighted by Gasteiger charge is 2.36. The number of hydrogen-bond acceptors (Lipinski definition) is 6. The van der Waals surface area contributed by atoms with Crippen LogP contribution in [0.15, 0.2) is 59.7 Å². The number of carbonyl (C=O) groups excluding carboxylic acids is 3. The molecule has 0 fully saturated rings. The van der Waals surface area contributed by atoms with Gasteiger partial charge < -0.3 is 5.11 Å². The minimum absolute atomic E-state index is 0.00869. The number of fused-ring (bicyclic) bond motifs is 1. The van der Waals surface area contributed by atoms with Gasteiger partial charge in [0.05, 0.1) is 5.57 Å². The standard InChI is InChI=1S/C18H14N2O4/c19-20-9-14(16(22)10-5-7-11(21)8-6-10)15-17(23)12-3-1-2-4-13(12)18(15)24/h1-8,20-21H,9,19H2. The number of hydrazine groups is 1. The first-order chi connectivity index (χ1) is 11.5. The Kier molecular flexibility index (Phi) is 4.07. The molecule has 0 atom stereocenters. The van der Waals surface area contributed by atoms with Crippen LogP contribution in [0.2, 0.25) is 0 Å². The van der Waals surface area contributed by atoms with Gasteiger partial charge >= 0.3 is 0 Å². The Morgan fingerprint density at radius 3 is 2.00 bits per heavy atom. The molecular weight excluding hydrogens is 308 g/mol. The van der Waals surface area contributed by atoms with E-state index in [4.69, 9.17) is 5.84 Å². The van der Waals surface area contributed by atoms with Gasteiger partial charge in [0.2, 0.25) is 0 Å². The third kappa shape index (κ3) is 2.54. The lowest BCUT2D eigenvalue weighted by molar-refractivity contribution is 0.0962. The summed E-state index contributed by atoms with van der Waals surface area (Å²) < 4.78 is 0. The molecule has 4 N–H and O–H groups in total. The van der Waals surface area contributed by atoms with Crippen LogP contribution in [0.25, 0.3) is 0 Å². The van der Waals surface area contributed by atoms with Crippen molar-refractivity contribution in [3.8, 4) is 5.75 Å². The van der Waals surface area contributed by atoms with Crippen molar-refractivity contribution in [2.45, 2.75) is 0 Å². The number of carbonyl (C=O) groups is 3. The second kappa shape index (κ2) is 6.19. The summed E-state index contributed by atoms with van der Waals surface area (Å²) in [6.45, 7) is -0.124. The minimum atomic E-state index is -0.488. The van der Waals surface area contributed by atoms with E-state index in [9.17, 15) is 19.5 Å². The average Bonchev–Trinajstić information content (AvgIpc) is 2.85. The molecule has 0 saturated heterocycles. The molecule has 0 aliphatic heterocycles. The van der Waals surface area contributed by atoms with Crippen LogP contribution in [0.4, 0.5) is 0 Å². The number of nitrogens with one attached hydrogen (secondary N) is 1. The topological polar surface area (TPSA) is 109 Å². The maximum absolute atomic E-state index is 12.7. The second-order valence-corrected chi connectivity index (χ2v) is 5.31. The number of phenolic OH excluding ortho intramolecular Hbond substituents is 1. The Bertz CT molecular complexity index is 845. The monoisotopic (exact) mass is 322 g/mol. The van der Waals surface area contributed by atoms with Crippen LogP contribution in [0.3, 0.4) is 0 Å². The summed E-state index contributed by atoms with van der Waals surface area (Å²) in [5.41, 5.74) is 3.01. The van der Waals surface area contributed by atoms with E-state index in [1.807, 2.05) is 0 Å². The number of allylic oxidation sites excluding steroid dienone is 1. The molecule has 0 spiro atoms. The van der Waals surface area contributed by atoms with Crippen LogP contribution in [-0.2, 0) is 0 Å². The van der Waals surface area contributed by atoms with Gasteiger partial charge in [0.15, 0.2) is 17.3 Å². The van der Waals surface area contributed by atoms with E-state index in [1.165, 1.54) is 24.3 Å². The van der Waals surface area contributed by atoms with E-state index in [0.29, 0.717) is 0 Å². The van der Waals surface area contributed by atoms with E-state index in [-0.39, 0.29) is 40.1 Å². The van der Waals surface area contributed by atoms with Gasteiger partial charge in [-0.05, 0) is 24.3 Å². The number of hydrogen-bond donors (Lipinski definition) is 3. The van der Waals surface area contributed by atoms with Crippen LogP contribution in [-0.4, -0.2) is 29.0 Å². The van der Waals surface area contributed by atoms with Gasteiger partial charge in [-0.25, -0.2) is 0 Å². The fraction of sp³-hybridized carbons (Fsp3) is 0.0556. The zero-order valence-corrected chi connectivity index (χ0v) is 12.6. The quantitative estimate of drug-likeness (QED) is 0.258. The van der Waals surface area contributed by atoms with Gasteiger partial charge in [0.25, 0.3) is 0 Å². The predicted octanol–water partition coefficient (Wildman–Crippen LogP) is 1.41. The van der Waals surface area contributed by atoms with E-state index in [2.05, 4.69) is 5.43 Å². The molecule has 0 heterocycles. The van der Waals surface area contributed by atoms with Crippen molar-refractivity contribution >= 4 is 17.3 Å². The van der Waals surface area contributed by atoms with E-state index in [1.54, 1.807) is 24.3 Å². The molecule has 0 radical (unpaired) electrons. The third-order valence-electron chi connectivity index (χ3n) is 3.85. The number of rotatable bonds is 4. The van der Waals surface area contributed by atoms with Crippen molar-refractivity contribution in [3.63, 3.8) is 0 Å². The summed E-state index contributed by atoms with van der Waals surface area (Å²) in [5.74, 6) is 3.90. The third-order valence-corrected chi connectivity index (χ3v) is 3.85. The molecule has 3 rings (SSSR count). The summed E-state index contributed by atoms with van der Waals surface area (Å²) in [6.07, 6.45) is 0. The van der Waals surface area contributed by atoms with Crippen LogP contribution >= 0.6 is 0 Å². The number of nitrogens with two attached hydrogens (primary N) is 1. The lowest BCUT2D eigenvalue weighted by Gasteiger charge is -2.09. The maximum Gasteiger partial charge on any atom is 0.198 e. The van der Waals surface area contributed by atoms with Crippen molar-refractivity contribution in [3.05, 3.63) is 76.4 Å². The molecule has 1 aliphatic rings. The Balaban J connectivity index is 2.13. The molecule has 0 bridgehead atoms. The fourth-order valence-electron chi connectivity index (χ4n) is 2.70. The lowest BCUT2D eigenvalue weighted by Crippen LogP contribution is -2.29. The highest BCUT2D eigenvalue weighted by Crippen LogP contribution is 2.29. The lowest BCUT2D eigenvalue weighted by atomic mass is 9.95. The van der Waals surface area contributed by atoms with Crippen LogP contribution in [0, 0.1) is 0 Å². The van der Waals surface area contributed by atoms with Crippen molar-refractivity contribution < 1.29 is 19.5 Å². The van der Waals surface area contributed by atoms with Gasteiger partial charge in [0.1, 0.15) is 5.75 Å². The molecule has 0 saturated carbocycles. The smallest absolute Gasteiger partial charge is 0.198 e. The number of Topliss-reactive ketones (excluding diaryl/α,β-unsaturated/α-hetero) is 3. The summed E-state index contributed by atoms with van der Waals surface area (Å²) >= 11 is 0. The van der Waals surface area contributed by atoms with Crippen LogP contribution in [0.1, 0.15) is 31.1 Å². The molecule has 2 aromatic rings. The van der Waals surface area contributed by atoms with Crippen molar-refractivity contribution in [1.29, 1.82) is 0 Å². The van der Waals surface area contributed by atoms with Crippen LogP contribution in [0.5, 0.6) is 5.75 Å². The summed E-state index contributed by atoms with van der Waals surface area (Å²) in [5, 5.41) is 9.33. The molecule has 120 valence electrons. The van der Waals surface area contributed by atoms with Gasteiger partial charge in [-0.2, -0.15) is 0 Å².